The molecule has 2 amide bonds. The van der Waals surface area contributed by atoms with E-state index in [4.69, 9.17) is 25.8 Å². The zero-order valence-corrected chi connectivity index (χ0v) is 18.7. The second kappa shape index (κ2) is 10.1. The molecule has 2 rings (SSSR count). The zero-order chi connectivity index (χ0) is 22.5. The SMILES string of the molecule is COC(=O)[C@@H]1C[C@@H](OC)CN1C(=O)[C@@H](Cc1ccc(Cl)cc1)NC(=O)OC(C)(C)C. The third-order valence-electron chi connectivity index (χ3n) is 4.69. The van der Waals surface area contributed by atoms with Crippen molar-refractivity contribution in [3.8, 4) is 0 Å². The minimum atomic E-state index is -0.941. The van der Waals surface area contributed by atoms with Gasteiger partial charge in [0.1, 0.15) is 17.7 Å². The third-order valence-corrected chi connectivity index (χ3v) is 4.95. The summed E-state index contributed by atoms with van der Waals surface area (Å²) in [7, 11) is 2.80. The fraction of sp³-hybridized carbons (Fsp3) is 0.571. The normalized spacial score (nSPS) is 19.9. The summed E-state index contributed by atoms with van der Waals surface area (Å²) in [5, 5.41) is 3.21. The number of halogens is 1. The molecule has 0 aromatic heterocycles. The zero-order valence-electron chi connectivity index (χ0n) is 17.9. The fourth-order valence-electron chi connectivity index (χ4n) is 3.28. The van der Waals surface area contributed by atoms with Gasteiger partial charge in [0.15, 0.2) is 0 Å². The number of hydrogen-bond acceptors (Lipinski definition) is 6. The summed E-state index contributed by atoms with van der Waals surface area (Å²) in [6.07, 6.45) is -0.477. The Morgan fingerprint density at radius 3 is 2.37 bits per heavy atom. The Hall–Kier alpha value is -2.32. The van der Waals surface area contributed by atoms with E-state index in [1.165, 1.54) is 19.1 Å². The Morgan fingerprint density at radius 1 is 1.20 bits per heavy atom. The molecule has 166 valence electrons. The number of rotatable bonds is 6. The van der Waals surface area contributed by atoms with Gasteiger partial charge in [0.05, 0.1) is 13.2 Å². The van der Waals surface area contributed by atoms with Crippen LogP contribution in [0.25, 0.3) is 0 Å². The molecule has 1 aromatic carbocycles. The van der Waals surface area contributed by atoms with Gasteiger partial charge in [-0.2, -0.15) is 0 Å². The minimum absolute atomic E-state index is 0.206. The number of carbonyl (C=O) groups is 3. The first-order chi connectivity index (χ1) is 14.0. The lowest BCUT2D eigenvalue weighted by molar-refractivity contribution is -0.151. The molecule has 9 heteroatoms. The van der Waals surface area contributed by atoms with E-state index >= 15 is 0 Å². The first kappa shape index (κ1) is 24.0. The van der Waals surface area contributed by atoms with Crippen LogP contribution in [0.4, 0.5) is 4.79 Å². The molecule has 1 aliphatic heterocycles. The van der Waals surface area contributed by atoms with E-state index in [-0.39, 0.29) is 19.1 Å². The van der Waals surface area contributed by atoms with Gasteiger partial charge in [0, 0.05) is 31.5 Å². The maximum absolute atomic E-state index is 13.4. The van der Waals surface area contributed by atoms with Crippen LogP contribution in [0.2, 0.25) is 5.02 Å². The summed E-state index contributed by atoms with van der Waals surface area (Å²) in [6.45, 7) is 5.43. The Kier molecular flexibility index (Phi) is 8.09. The lowest BCUT2D eigenvalue weighted by Gasteiger charge is -2.29. The molecule has 0 saturated carbocycles. The molecule has 0 radical (unpaired) electrons. The van der Waals surface area contributed by atoms with Gasteiger partial charge in [-0.3, -0.25) is 4.79 Å². The molecule has 0 unspecified atom stereocenters. The summed E-state index contributed by atoms with van der Waals surface area (Å²) >= 11 is 5.94. The smallest absolute Gasteiger partial charge is 0.408 e. The van der Waals surface area contributed by atoms with Crippen LogP contribution in [-0.2, 0) is 30.2 Å². The Labute approximate surface area is 181 Å². The largest absolute Gasteiger partial charge is 0.467 e. The highest BCUT2D eigenvalue weighted by molar-refractivity contribution is 6.30. The Morgan fingerprint density at radius 2 is 1.83 bits per heavy atom. The van der Waals surface area contributed by atoms with E-state index in [0.29, 0.717) is 11.4 Å². The maximum Gasteiger partial charge on any atom is 0.408 e. The standard InChI is InChI=1S/C21H29ClN2O6/c1-21(2,3)30-20(27)23-16(10-13-6-8-14(22)9-7-13)18(25)24-12-15(28-4)11-17(24)19(26)29-5/h6-9,15-17H,10-12H2,1-5H3,(H,23,27)/t15-,16-,17+/m1/s1. The van der Waals surface area contributed by atoms with Crippen molar-refractivity contribution in [2.45, 2.75) is 57.4 Å². The van der Waals surface area contributed by atoms with Gasteiger partial charge in [-0.1, -0.05) is 23.7 Å². The van der Waals surface area contributed by atoms with Crippen molar-refractivity contribution in [3.63, 3.8) is 0 Å². The number of esters is 1. The molecular formula is C21H29ClN2O6. The fourth-order valence-corrected chi connectivity index (χ4v) is 3.40. The molecule has 1 aliphatic rings. The summed E-state index contributed by atoms with van der Waals surface area (Å²) in [6, 6.07) is 5.25. The Bertz CT molecular complexity index is 762. The summed E-state index contributed by atoms with van der Waals surface area (Å²) in [5.41, 5.74) is 0.0762. The van der Waals surface area contributed by atoms with E-state index in [1.54, 1.807) is 45.0 Å². The molecule has 3 atom stereocenters. The van der Waals surface area contributed by atoms with E-state index in [1.807, 2.05) is 0 Å². The van der Waals surface area contributed by atoms with Crippen molar-refractivity contribution in [3.05, 3.63) is 34.9 Å². The van der Waals surface area contributed by atoms with Crippen LogP contribution in [0.5, 0.6) is 0 Å². The average Bonchev–Trinajstić information content (AvgIpc) is 3.11. The van der Waals surface area contributed by atoms with E-state index in [2.05, 4.69) is 5.32 Å². The highest BCUT2D eigenvalue weighted by Gasteiger charge is 2.43. The molecule has 1 saturated heterocycles. The highest BCUT2D eigenvalue weighted by atomic mass is 35.5. The summed E-state index contributed by atoms with van der Waals surface area (Å²) < 4.78 is 15.5. The summed E-state index contributed by atoms with van der Waals surface area (Å²) in [5.74, 6) is -0.934. The molecule has 0 spiro atoms. The van der Waals surface area contributed by atoms with E-state index < -0.39 is 35.7 Å². The van der Waals surface area contributed by atoms with Crippen LogP contribution in [0.15, 0.2) is 24.3 Å². The molecule has 1 aromatic rings. The number of amides is 2. The van der Waals surface area contributed by atoms with Crippen LogP contribution >= 0.6 is 11.6 Å². The molecule has 1 fully saturated rings. The predicted molar refractivity (Wildman–Crippen MR) is 111 cm³/mol. The van der Waals surface area contributed by atoms with Crippen molar-refractivity contribution >= 4 is 29.6 Å². The topological polar surface area (TPSA) is 94.2 Å². The number of hydrogen-bond donors (Lipinski definition) is 1. The van der Waals surface area contributed by atoms with Crippen molar-refractivity contribution in [2.75, 3.05) is 20.8 Å². The number of carbonyl (C=O) groups excluding carboxylic acids is 3. The van der Waals surface area contributed by atoms with Crippen LogP contribution in [-0.4, -0.2) is 67.4 Å². The first-order valence-corrected chi connectivity index (χ1v) is 10.1. The summed E-state index contributed by atoms with van der Waals surface area (Å²) in [4.78, 5) is 39.4. The van der Waals surface area contributed by atoms with Crippen molar-refractivity contribution < 1.29 is 28.6 Å². The lowest BCUT2D eigenvalue weighted by Crippen LogP contribution is -2.53. The van der Waals surface area contributed by atoms with Gasteiger partial charge in [0.2, 0.25) is 5.91 Å². The number of methoxy groups -OCH3 is 2. The van der Waals surface area contributed by atoms with Crippen molar-refractivity contribution in [2.24, 2.45) is 0 Å². The van der Waals surface area contributed by atoms with Crippen LogP contribution in [0, 0.1) is 0 Å². The molecule has 0 bridgehead atoms. The van der Waals surface area contributed by atoms with Gasteiger partial charge in [0.25, 0.3) is 0 Å². The van der Waals surface area contributed by atoms with Gasteiger partial charge in [-0.05, 0) is 38.5 Å². The molecule has 1 heterocycles. The average molecular weight is 441 g/mol. The number of benzene rings is 1. The molecule has 1 N–H and O–H groups in total. The second-order valence-electron chi connectivity index (χ2n) is 8.15. The Balaban J connectivity index is 2.26. The van der Waals surface area contributed by atoms with Crippen molar-refractivity contribution in [1.29, 1.82) is 0 Å². The van der Waals surface area contributed by atoms with E-state index in [9.17, 15) is 14.4 Å². The van der Waals surface area contributed by atoms with Crippen LogP contribution < -0.4 is 5.32 Å². The van der Waals surface area contributed by atoms with Crippen molar-refractivity contribution in [1.82, 2.24) is 10.2 Å². The number of likely N-dealkylation sites (tertiary alicyclic amines) is 1. The van der Waals surface area contributed by atoms with Gasteiger partial charge < -0.3 is 24.4 Å². The van der Waals surface area contributed by atoms with Gasteiger partial charge in [-0.25, -0.2) is 9.59 Å². The van der Waals surface area contributed by atoms with Crippen LogP contribution in [0.1, 0.15) is 32.8 Å². The lowest BCUT2D eigenvalue weighted by atomic mass is 10.0. The maximum atomic E-state index is 13.4. The third kappa shape index (κ3) is 6.60. The molecular weight excluding hydrogens is 412 g/mol. The predicted octanol–water partition coefficient (Wildman–Crippen LogP) is 2.56. The van der Waals surface area contributed by atoms with E-state index in [0.717, 1.165) is 5.56 Å². The van der Waals surface area contributed by atoms with Gasteiger partial charge >= 0.3 is 12.1 Å². The first-order valence-electron chi connectivity index (χ1n) is 9.69. The number of nitrogens with zero attached hydrogens (tertiary/aromatic N) is 1. The van der Waals surface area contributed by atoms with Crippen LogP contribution in [0.3, 0.4) is 0 Å². The van der Waals surface area contributed by atoms with Gasteiger partial charge in [-0.15, -0.1) is 0 Å². The number of ether oxygens (including phenoxy) is 3. The highest BCUT2D eigenvalue weighted by Crippen LogP contribution is 2.23. The molecule has 30 heavy (non-hydrogen) atoms. The minimum Gasteiger partial charge on any atom is -0.467 e. The number of nitrogens with one attached hydrogen (secondary N) is 1. The molecule has 0 aliphatic carbocycles. The number of alkyl carbamates (subject to hydrolysis) is 1. The molecule has 8 nitrogen and oxygen atoms in total. The second-order valence-corrected chi connectivity index (χ2v) is 8.59. The monoisotopic (exact) mass is 440 g/mol. The quantitative estimate of drug-likeness (QED) is 0.683.